The van der Waals surface area contributed by atoms with Crippen molar-refractivity contribution in [2.75, 3.05) is 14.2 Å². The van der Waals surface area contributed by atoms with E-state index in [0.717, 1.165) is 0 Å². The van der Waals surface area contributed by atoms with Gasteiger partial charge in [0.25, 0.3) is 0 Å². The summed E-state index contributed by atoms with van der Waals surface area (Å²) in [5, 5.41) is 0.362. The van der Waals surface area contributed by atoms with E-state index in [-0.39, 0.29) is 11.4 Å². The summed E-state index contributed by atoms with van der Waals surface area (Å²) in [7, 11) is 2.70. The van der Waals surface area contributed by atoms with Crippen LogP contribution in [0.3, 0.4) is 0 Å². The zero-order chi connectivity index (χ0) is 9.84. The van der Waals surface area contributed by atoms with Crippen LogP contribution < -0.4 is 4.74 Å². The summed E-state index contributed by atoms with van der Waals surface area (Å²) in [5.74, 6) is -0.317. The zero-order valence-corrected chi connectivity index (χ0v) is 7.96. The normalized spacial score (nSPS) is 9.46. The van der Waals surface area contributed by atoms with Gasteiger partial charge in [-0.25, -0.2) is 9.78 Å². The van der Waals surface area contributed by atoms with Gasteiger partial charge in [0.2, 0.25) is 5.88 Å². The van der Waals surface area contributed by atoms with Crippen molar-refractivity contribution in [3.63, 3.8) is 0 Å². The molecule has 1 aromatic rings. The Morgan fingerprint density at radius 1 is 1.54 bits per heavy atom. The van der Waals surface area contributed by atoms with Crippen LogP contribution in [0.25, 0.3) is 0 Å². The molecule has 0 aromatic carbocycles. The number of esters is 1. The molecule has 0 saturated heterocycles. The van der Waals surface area contributed by atoms with Gasteiger partial charge in [0.15, 0.2) is 0 Å². The molecule has 0 amide bonds. The van der Waals surface area contributed by atoms with E-state index in [9.17, 15) is 4.79 Å². The zero-order valence-electron chi connectivity index (χ0n) is 7.20. The lowest BCUT2D eigenvalue weighted by atomic mass is 10.3. The molecule has 0 spiro atoms. The van der Waals surface area contributed by atoms with Gasteiger partial charge in [0, 0.05) is 6.20 Å². The second-order valence-electron chi connectivity index (χ2n) is 2.20. The quantitative estimate of drug-likeness (QED) is 0.681. The Morgan fingerprint density at radius 3 is 2.77 bits per heavy atom. The van der Waals surface area contributed by atoms with Gasteiger partial charge in [-0.2, -0.15) is 0 Å². The van der Waals surface area contributed by atoms with E-state index in [4.69, 9.17) is 16.3 Å². The van der Waals surface area contributed by atoms with Gasteiger partial charge in [0.1, 0.15) is 5.56 Å². The lowest BCUT2D eigenvalue weighted by Gasteiger charge is -2.04. The summed E-state index contributed by atoms with van der Waals surface area (Å²) in [4.78, 5) is 15.0. The van der Waals surface area contributed by atoms with E-state index in [0.29, 0.717) is 5.02 Å². The molecule has 1 rings (SSSR count). The van der Waals surface area contributed by atoms with E-state index in [1.54, 1.807) is 0 Å². The van der Waals surface area contributed by atoms with Gasteiger partial charge in [-0.1, -0.05) is 11.6 Å². The summed E-state index contributed by atoms with van der Waals surface area (Å²) in [6.07, 6.45) is 1.40. The largest absolute Gasteiger partial charge is 0.480 e. The summed E-state index contributed by atoms with van der Waals surface area (Å²) in [5.41, 5.74) is 0.220. The number of nitrogens with zero attached hydrogens (tertiary/aromatic N) is 1. The smallest absolute Gasteiger partial charge is 0.343 e. The number of hydrogen-bond donors (Lipinski definition) is 0. The van der Waals surface area contributed by atoms with Crippen LogP contribution in [0.1, 0.15) is 10.4 Å². The topological polar surface area (TPSA) is 48.4 Å². The van der Waals surface area contributed by atoms with Crippen LogP contribution in [0.4, 0.5) is 0 Å². The highest BCUT2D eigenvalue weighted by atomic mass is 35.5. The molecule has 1 aromatic heterocycles. The van der Waals surface area contributed by atoms with Gasteiger partial charge in [0.05, 0.1) is 19.2 Å². The molecule has 1 heterocycles. The summed E-state index contributed by atoms with van der Waals surface area (Å²) >= 11 is 5.65. The first-order valence-corrected chi connectivity index (χ1v) is 3.84. The molecule has 70 valence electrons. The summed E-state index contributed by atoms with van der Waals surface area (Å²) < 4.78 is 9.37. The summed E-state index contributed by atoms with van der Waals surface area (Å²) in [6.45, 7) is 0. The van der Waals surface area contributed by atoms with Crippen LogP contribution in [0.15, 0.2) is 12.3 Å². The Bertz CT molecular complexity index is 327. The molecule has 13 heavy (non-hydrogen) atoms. The van der Waals surface area contributed by atoms with Crippen molar-refractivity contribution in [3.8, 4) is 5.88 Å². The van der Waals surface area contributed by atoms with Gasteiger partial charge in [-0.3, -0.25) is 0 Å². The molecule has 0 saturated carbocycles. The third-order valence-corrected chi connectivity index (χ3v) is 1.62. The van der Waals surface area contributed by atoms with Crippen molar-refractivity contribution in [2.45, 2.75) is 0 Å². The van der Waals surface area contributed by atoms with Gasteiger partial charge < -0.3 is 9.47 Å². The minimum absolute atomic E-state index is 0.205. The van der Waals surface area contributed by atoms with Crippen molar-refractivity contribution in [1.82, 2.24) is 4.98 Å². The molecule has 5 heteroatoms. The van der Waals surface area contributed by atoms with E-state index in [2.05, 4.69) is 9.72 Å². The Kier molecular flexibility index (Phi) is 3.08. The standard InChI is InChI=1S/C8H8ClNO3/c1-12-7-6(8(11)13-2)3-5(9)4-10-7/h3-4H,1-2H3. The molecule has 0 aliphatic carbocycles. The van der Waals surface area contributed by atoms with E-state index >= 15 is 0 Å². The van der Waals surface area contributed by atoms with E-state index < -0.39 is 5.97 Å². The number of rotatable bonds is 2. The Hall–Kier alpha value is -1.29. The van der Waals surface area contributed by atoms with Crippen molar-refractivity contribution >= 4 is 17.6 Å². The van der Waals surface area contributed by atoms with Crippen molar-refractivity contribution in [3.05, 3.63) is 22.8 Å². The Balaban J connectivity index is 3.15. The molecule has 0 atom stereocenters. The SMILES string of the molecule is COC(=O)c1cc(Cl)cnc1OC. The number of carbonyl (C=O) groups is 1. The number of pyridine rings is 1. The molecular weight excluding hydrogens is 194 g/mol. The van der Waals surface area contributed by atoms with E-state index in [1.165, 1.54) is 26.5 Å². The van der Waals surface area contributed by atoms with Gasteiger partial charge >= 0.3 is 5.97 Å². The van der Waals surface area contributed by atoms with Gasteiger partial charge in [-0.05, 0) is 6.07 Å². The molecule has 0 bridgehead atoms. The third kappa shape index (κ3) is 2.09. The van der Waals surface area contributed by atoms with Gasteiger partial charge in [-0.15, -0.1) is 0 Å². The average molecular weight is 202 g/mol. The lowest BCUT2D eigenvalue weighted by molar-refractivity contribution is 0.0596. The first kappa shape index (κ1) is 9.80. The maximum absolute atomic E-state index is 11.1. The highest BCUT2D eigenvalue weighted by Gasteiger charge is 2.13. The minimum Gasteiger partial charge on any atom is -0.480 e. The maximum atomic E-state index is 11.1. The summed E-state index contributed by atoms with van der Waals surface area (Å²) in [6, 6.07) is 1.44. The highest BCUT2D eigenvalue weighted by molar-refractivity contribution is 6.30. The second kappa shape index (κ2) is 4.09. The van der Waals surface area contributed by atoms with Crippen LogP contribution in [0.5, 0.6) is 5.88 Å². The number of methoxy groups -OCH3 is 2. The van der Waals surface area contributed by atoms with Crippen molar-refractivity contribution in [2.24, 2.45) is 0 Å². The molecule has 4 nitrogen and oxygen atoms in total. The fourth-order valence-electron chi connectivity index (χ4n) is 0.846. The highest BCUT2D eigenvalue weighted by Crippen LogP contribution is 2.19. The van der Waals surface area contributed by atoms with Crippen LogP contribution >= 0.6 is 11.6 Å². The fourth-order valence-corrected chi connectivity index (χ4v) is 1.00. The van der Waals surface area contributed by atoms with Crippen LogP contribution in [0.2, 0.25) is 5.02 Å². The molecule has 0 radical (unpaired) electrons. The molecule has 0 fully saturated rings. The minimum atomic E-state index is -0.521. The molecular formula is C8H8ClNO3. The van der Waals surface area contributed by atoms with Crippen LogP contribution in [0, 0.1) is 0 Å². The first-order valence-electron chi connectivity index (χ1n) is 3.47. The number of halogens is 1. The second-order valence-corrected chi connectivity index (χ2v) is 2.64. The van der Waals surface area contributed by atoms with Crippen LogP contribution in [-0.2, 0) is 4.74 Å². The van der Waals surface area contributed by atoms with Crippen LogP contribution in [-0.4, -0.2) is 25.2 Å². The van der Waals surface area contributed by atoms with Crippen molar-refractivity contribution in [1.29, 1.82) is 0 Å². The fraction of sp³-hybridized carbons (Fsp3) is 0.250. The first-order chi connectivity index (χ1) is 6.19. The predicted octanol–water partition coefficient (Wildman–Crippen LogP) is 1.53. The molecule has 0 aliphatic heterocycles. The lowest BCUT2D eigenvalue weighted by Crippen LogP contribution is -2.05. The maximum Gasteiger partial charge on any atom is 0.343 e. The molecule has 0 N–H and O–H groups in total. The Labute approximate surface area is 80.4 Å². The Morgan fingerprint density at radius 2 is 2.23 bits per heavy atom. The number of aromatic nitrogens is 1. The van der Waals surface area contributed by atoms with E-state index in [1.807, 2.05) is 0 Å². The monoisotopic (exact) mass is 201 g/mol. The number of ether oxygens (including phenoxy) is 2. The third-order valence-electron chi connectivity index (χ3n) is 1.42. The average Bonchev–Trinajstić information content (AvgIpc) is 2.16. The number of hydrogen-bond acceptors (Lipinski definition) is 4. The molecule has 0 unspecified atom stereocenters. The predicted molar refractivity (Wildman–Crippen MR) is 47.1 cm³/mol. The molecule has 0 aliphatic rings. The van der Waals surface area contributed by atoms with Crippen molar-refractivity contribution < 1.29 is 14.3 Å². The number of carbonyl (C=O) groups excluding carboxylic acids is 1.